The third kappa shape index (κ3) is 7.85. The summed E-state index contributed by atoms with van der Waals surface area (Å²) in [5.74, 6) is 0.615. The van der Waals surface area contributed by atoms with Gasteiger partial charge in [0.15, 0.2) is 0 Å². The molecule has 124 valence electrons. The maximum atomic E-state index is 12.0. The minimum Gasteiger partial charge on any atom is -0.353 e. The lowest BCUT2D eigenvalue weighted by molar-refractivity contribution is -0.119. The Hall–Kier alpha value is -1.00. The zero-order chi connectivity index (χ0) is 16.4. The van der Waals surface area contributed by atoms with Crippen LogP contribution in [0.25, 0.3) is 0 Å². The number of benzene rings is 1. The molecule has 1 atom stereocenters. The van der Waals surface area contributed by atoms with Gasteiger partial charge in [-0.25, -0.2) is 0 Å². The van der Waals surface area contributed by atoms with Crippen LogP contribution in [0.1, 0.15) is 39.2 Å². The maximum absolute atomic E-state index is 12.0. The molecule has 0 saturated carbocycles. The Morgan fingerprint density at radius 3 is 2.45 bits per heavy atom. The third-order valence-corrected chi connectivity index (χ3v) is 4.82. The van der Waals surface area contributed by atoms with E-state index in [0.29, 0.717) is 5.75 Å². The smallest absolute Gasteiger partial charge is 0.230 e. The molecule has 4 heteroatoms. The first-order valence-corrected chi connectivity index (χ1v) is 9.24. The lowest BCUT2D eigenvalue weighted by Gasteiger charge is -2.19. The molecule has 1 amide bonds. The molecule has 0 aliphatic rings. The molecule has 0 heterocycles. The van der Waals surface area contributed by atoms with Crippen LogP contribution in [0.15, 0.2) is 29.2 Å². The lowest BCUT2D eigenvalue weighted by Crippen LogP contribution is -2.34. The molecular formula is C18H30N2OS. The second-order valence-corrected chi connectivity index (χ2v) is 6.79. The fourth-order valence-corrected chi connectivity index (χ4v) is 3.04. The van der Waals surface area contributed by atoms with E-state index in [4.69, 9.17) is 0 Å². The van der Waals surface area contributed by atoms with E-state index in [9.17, 15) is 4.79 Å². The second kappa shape index (κ2) is 10.7. The number of aryl methyl sites for hydroxylation is 1. The van der Waals surface area contributed by atoms with E-state index in [2.05, 4.69) is 62.2 Å². The number of carbonyl (C=O) groups is 1. The van der Waals surface area contributed by atoms with Gasteiger partial charge < -0.3 is 10.2 Å². The molecule has 1 N–H and O–H groups in total. The molecule has 0 unspecified atom stereocenters. The molecule has 1 aromatic rings. The van der Waals surface area contributed by atoms with Crippen molar-refractivity contribution >= 4 is 17.7 Å². The van der Waals surface area contributed by atoms with E-state index < -0.39 is 0 Å². The van der Waals surface area contributed by atoms with Gasteiger partial charge in [0.25, 0.3) is 0 Å². The van der Waals surface area contributed by atoms with Crippen molar-refractivity contribution in [3.8, 4) is 0 Å². The average molecular weight is 323 g/mol. The zero-order valence-corrected chi connectivity index (χ0v) is 15.2. The van der Waals surface area contributed by atoms with Crippen molar-refractivity contribution in [1.82, 2.24) is 10.2 Å². The Kier molecular flexibility index (Phi) is 9.25. The van der Waals surface area contributed by atoms with E-state index in [1.165, 1.54) is 5.56 Å². The summed E-state index contributed by atoms with van der Waals surface area (Å²) in [7, 11) is 0. The molecule has 0 aromatic heterocycles. The first kappa shape index (κ1) is 19.0. The fraction of sp³-hybridized carbons (Fsp3) is 0.611. The molecule has 22 heavy (non-hydrogen) atoms. The van der Waals surface area contributed by atoms with Crippen LogP contribution in [-0.2, 0) is 4.79 Å². The number of carbonyl (C=O) groups excluding carboxylic acids is 1. The summed E-state index contributed by atoms with van der Waals surface area (Å²) < 4.78 is 0. The molecule has 1 aromatic carbocycles. The molecule has 0 radical (unpaired) electrons. The summed E-state index contributed by atoms with van der Waals surface area (Å²) in [6.07, 6.45) is 2.17. The summed E-state index contributed by atoms with van der Waals surface area (Å²) in [6.45, 7) is 11.9. The van der Waals surface area contributed by atoms with Gasteiger partial charge in [0.2, 0.25) is 5.91 Å². The highest BCUT2D eigenvalue weighted by Crippen LogP contribution is 2.17. The highest BCUT2D eigenvalue weighted by molar-refractivity contribution is 8.00. The van der Waals surface area contributed by atoms with Crippen LogP contribution < -0.4 is 5.32 Å². The van der Waals surface area contributed by atoms with Gasteiger partial charge in [0.05, 0.1) is 5.75 Å². The van der Waals surface area contributed by atoms with Crippen LogP contribution in [-0.4, -0.2) is 42.2 Å². The van der Waals surface area contributed by atoms with E-state index in [0.717, 1.165) is 37.4 Å². The van der Waals surface area contributed by atoms with Gasteiger partial charge in [-0.3, -0.25) is 4.79 Å². The minimum atomic E-state index is 0.126. The fourth-order valence-electron chi connectivity index (χ4n) is 2.33. The number of nitrogens with one attached hydrogen (secondary N) is 1. The van der Waals surface area contributed by atoms with Crippen molar-refractivity contribution < 1.29 is 4.79 Å². The number of nitrogens with zero attached hydrogens (tertiary/aromatic N) is 1. The van der Waals surface area contributed by atoms with Crippen molar-refractivity contribution in [1.29, 1.82) is 0 Å². The maximum Gasteiger partial charge on any atom is 0.230 e. The second-order valence-electron chi connectivity index (χ2n) is 5.74. The van der Waals surface area contributed by atoms with Gasteiger partial charge in [-0.15, -0.1) is 11.8 Å². The molecular weight excluding hydrogens is 292 g/mol. The first-order chi connectivity index (χ1) is 10.5. The molecule has 0 bridgehead atoms. The number of hydrogen-bond acceptors (Lipinski definition) is 3. The van der Waals surface area contributed by atoms with E-state index >= 15 is 0 Å². The van der Waals surface area contributed by atoms with Crippen molar-refractivity contribution in [3.05, 3.63) is 29.8 Å². The molecule has 0 aliphatic heterocycles. The topological polar surface area (TPSA) is 32.3 Å². The Bertz CT molecular complexity index is 429. The van der Waals surface area contributed by atoms with Crippen molar-refractivity contribution in [2.45, 2.75) is 51.5 Å². The standard InChI is InChI=1S/C18H30N2OS/c1-5-20(6-2)13-7-8-16(4)19-18(21)14-22-17-11-9-15(3)10-12-17/h9-12,16H,5-8,13-14H2,1-4H3,(H,19,21)/t16-/m1/s1. The van der Waals surface area contributed by atoms with E-state index in [1.54, 1.807) is 11.8 Å². The van der Waals surface area contributed by atoms with Gasteiger partial charge in [0, 0.05) is 10.9 Å². The minimum absolute atomic E-state index is 0.126. The number of thioether (sulfide) groups is 1. The summed E-state index contributed by atoms with van der Waals surface area (Å²) in [4.78, 5) is 15.5. The molecule has 0 spiro atoms. The number of rotatable bonds is 10. The quantitative estimate of drug-likeness (QED) is 0.666. The van der Waals surface area contributed by atoms with Crippen molar-refractivity contribution in [2.75, 3.05) is 25.4 Å². The summed E-state index contributed by atoms with van der Waals surface area (Å²) in [5.41, 5.74) is 1.25. The highest BCUT2D eigenvalue weighted by atomic mass is 32.2. The predicted octanol–water partition coefficient (Wildman–Crippen LogP) is 3.71. The van der Waals surface area contributed by atoms with Gasteiger partial charge in [0.1, 0.15) is 0 Å². The van der Waals surface area contributed by atoms with E-state index in [-0.39, 0.29) is 11.9 Å². The number of amides is 1. The molecule has 0 fully saturated rings. The third-order valence-electron chi connectivity index (χ3n) is 3.80. The molecule has 0 aliphatic carbocycles. The van der Waals surface area contributed by atoms with Crippen LogP contribution >= 0.6 is 11.8 Å². The van der Waals surface area contributed by atoms with Crippen molar-refractivity contribution in [2.24, 2.45) is 0 Å². The summed E-state index contributed by atoms with van der Waals surface area (Å²) in [6, 6.07) is 8.55. The van der Waals surface area contributed by atoms with Gasteiger partial charge in [-0.05, 0) is 58.5 Å². The summed E-state index contributed by atoms with van der Waals surface area (Å²) >= 11 is 1.59. The monoisotopic (exact) mass is 322 g/mol. The SMILES string of the molecule is CCN(CC)CCC[C@@H](C)NC(=O)CSc1ccc(C)cc1. The Morgan fingerprint density at radius 1 is 1.23 bits per heavy atom. The van der Waals surface area contributed by atoms with E-state index in [1.807, 2.05) is 0 Å². The average Bonchev–Trinajstić information content (AvgIpc) is 2.51. The molecule has 3 nitrogen and oxygen atoms in total. The predicted molar refractivity (Wildman–Crippen MR) is 96.5 cm³/mol. The normalized spacial score (nSPS) is 12.4. The van der Waals surface area contributed by atoms with Gasteiger partial charge in [-0.1, -0.05) is 31.5 Å². The Balaban J connectivity index is 2.19. The molecule has 1 rings (SSSR count). The van der Waals surface area contributed by atoms with Crippen LogP contribution in [0.5, 0.6) is 0 Å². The van der Waals surface area contributed by atoms with Gasteiger partial charge in [-0.2, -0.15) is 0 Å². The first-order valence-electron chi connectivity index (χ1n) is 8.26. The Morgan fingerprint density at radius 2 is 1.86 bits per heavy atom. The lowest BCUT2D eigenvalue weighted by atomic mass is 10.2. The molecule has 0 saturated heterocycles. The zero-order valence-electron chi connectivity index (χ0n) is 14.4. The number of hydrogen-bond donors (Lipinski definition) is 1. The summed E-state index contributed by atoms with van der Waals surface area (Å²) in [5, 5.41) is 3.09. The van der Waals surface area contributed by atoms with Gasteiger partial charge >= 0.3 is 0 Å². The van der Waals surface area contributed by atoms with Crippen LogP contribution in [0.3, 0.4) is 0 Å². The Labute approximate surface area is 139 Å². The largest absolute Gasteiger partial charge is 0.353 e. The highest BCUT2D eigenvalue weighted by Gasteiger charge is 2.08. The van der Waals surface area contributed by atoms with Crippen LogP contribution in [0, 0.1) is 6.92 Å². The van der Waals surface area contributed by atoms with Crippen molar-refractivity contribution in [3.63, 3.8) is 0 Å². The van der Waals surface area contributed by atoms with Crippen LogP contribution in [0.2, 0.25) is 0 Å². The van der Waals surface area contributed by atoms with Crippen LogP contribution in [0.4, 0.5) is 0 Å².